The van der Waals surface area contributed by atoms with Crippen LogP contribution in [-0.2, 0) is 23.9 Å². The number of allylic oxidation sites excluding steroid dienone is 3. The molecule has 39 heavy (non-hydrogen) atoms. The lowest BCUT2D eigenvalue weighted by Crippen LogP contribution is -2.43. The Bertz CT molecular complexity index is 1340. The van der Waals surface area contributed by atoms with Crippen LogP contribution in [0.2, 0.25) is 0 Å². The highest BCUT2D eigenvalue weighted by molar-refractivity contribution is 6.13. The van der Waals surface area contributed by atoms with Gasteiger partial charge < -0.3 is 29.4 Å². The molecule has 1 heterocycles. The number of Topliss-reactive ketones (excluding diaryl/α,β-unsaturated/α-hetero) is 1. The van der Waals surface area contributed by atoms with Crippen molar-refractivity contribution < 1.29 is 38.4 Å². The summed E-state index contributed by atoms with van der Waals surface area (Å²) >= 11 is 0. The normalized spacial score (nSPS) is 20.6. The van der Waals surface area contributed by atoms with Crippen LogP contribution in [0.15, 0.2) is 65.0 Å². The predicted molar refractivity (Wildman–Crippen MR) is 142 cm³/mol. The summed E-state index contributed by atoms with van der Waals surface area (Å²) in [5.74, 6) is -3.35. The Morgan fingerprint density at radius 3 is 2.26 bits per heavy atom. The minimum Gasteiger partial charge on any atom is -0.504 e. The molecule has 206 valence electrons. The minimum absolute atomic E-state index is 0.0817. The van der Waals surface area contributed by atoms with Crippen molar-refractivity contribution in [3.05, 3.63) is 76.1 Å². The molecule has 3 atom stereocenters. The highest BCUT2D eigenvalue weighted by atomic mass is 16.5. The smallest absolute Gasteiger partial charge is 0.336 e. The first-order valence-electron chi connectivity index (χ1n) is 12.8. The maximum atomic E-state index is 14.3. The van der Waals surface area contributed by atoms with Crippen LogP contribution in [0.3, 0.4) is 0 Å². The number of esters is 2. The SMILES string of the molecule is CCOC(=O)C1=C(C)NC2=C(C(=O)[C@H](C(=O)OCC)[C@H](c3ccc(OC)cc3)C2)[C@@H]1c1ccc(O)c(OC)c1. The zero-order chi connectivity index (χ0) is 28.3. The molecular formula is C30H33NO8. The Kier molecular flexibility index (Phi) is 8.28. The number of carbonyl (C=O) groups is 3. The number of phenols is 1. The summed E-state index contributed by atoms with van der Waals surface area (Å²) in [7, 11) is 2.99. The molecule has 0 fully saturated rings. The van der Waals surface area contributed by atoms with Gasteiger partial charge in [0.05, 0.1) is 33.0 Å². The van der Waals surface area contributed by atoms with Gasteiger partial charge in [0.15, 0.2) is 17.3 Å². The van der Waals surface area contributed by atoms with Crippen molar-refractivity contribution in [2.45, 2.75) is 39.0 Å². The zero-order valence-corrected chi connectivity index (χ0v) is 22.7. The molecule has 2 aromatic rings. The second-order valence-electron chi connectivity index (χ2n) is 9.32. The van der Waals surface area contributed by atoms with E-state index >= 15 is 0 Å². The van der Waals surface area contributed by atoms with Gasteiger partial charge in [-0.1, -0.05) is 18.2 Å². The van der Waals surface area contributed by atoms with Crippen molar-refractivity contribution in [3.63, 3.8) is 0 Å². The number of hydrogen-bond acceptors (Lipinski definition) is 9. The summed E-state index contributed by atoms with van der Waals surface area (Å²) in [6.45, 7) is 5.41. The Hall–Kier alpha value is -4.27. The molecule has 0 aromatic heterocycles. The lowest BCUT2D eigenvalue weighted by Gasteiger charge is -2.39. The third-order valence-corrected chi connectivity index (χ3v) is 7.14. The number of ether oxygens (including phenoxy) is 4. The van der Waals surface area contributed by atoms with Crippen molar-refractivity contribution in [1.29, 1.82) is 0 Å². The van der Waals surface area contributed by atoms with Gasteiger partial charge in [-0.25, -0.2) is 4.79 Å². The molecule has 9 heteroatoms. The predicted octanol–water partition coefficient (Wildman–Crippen LogP) is 4.12. The van der Waals surface area contributed by atoms with E-state index in [-0.39, 0.29) is 30.3 Å². The number of dihydropyridines is 1. The molecular weight excluding hydrogens is 502 g/mol. The lowest BCUT2D eigenvalue weighted by molar-refractivity contribution is -0.152. The minimum atomic E-state index is -1.12. The van der Waals surface area contributed by atoms with Crippen molar-refractivity contribution >= 4 is 17.7 Å². The molecule has 2 aliphatic rings. The fraction of sp³-hybridized carbons (Fsp3) is 0.367. The topological polar surface area (TPSA) is 120 Å². The Morgan fingerprint density at radius 1 is 0.974 bits per heavy atom. The molecule has 0 bridgehead atoms. The summed E-state index contributed by atoms with van der Waals surface area (Å²) in [6.07, 6.45) is 0.329. The summed E-state index contributed by atoms with van der Waals surface area (Å²) in [5.41, 5.74) is 3.03. The number of aromatic hydroxyl groups is 1. The van der Waals surface area contributed by atoms with Gasteiger partial charge in [0.2, 0.25) is 0 Å². The summed E-state index contributed by atoms with van der Waals surface area (Å²) in [4.78, 5) is 40.9. The molecule has 0 radical (unpaired) electrons. The van der Waals surface area contributed by atoms with E-state index < -0.39 is 35.5 Å². The van der Waals surface area contributed by atoms with Gasteiger partial charge in [0.1, 0.15) is 11.7 Å². The van der Waals surface area contributed by atoms with Crippen LogP contribution in [0, 0.1) is 5.92 Å². The number of methoxy groups -OCH3 is 2. The van der Waals surface area contributed by atoms with Crippen molar-refractivity contribution in [3.8, 4) is 17.2 Å². The highest BCUT2D eigenvalue weighted by Crippen LogP contribution is 2.49. The van der Waals surface area contributed by atoms with Gasteiger partial charge in [-0.05, 0) is 62.6 Å². The van der Waals surface area contributed by atoms with Crippen LogP contribution in [0.5, 0.6) is 17.2 Å². The largest absolute Gasteiger partial charge is 0.504 e. The molecule has 4 rings (SSSR count). The van der Waals surface area contributed by atoms with Crippen molar-refractivity contribution in [2.24, 2.45) is 5.92 Å². The number of nitrogens with one attached hydrogen (secondary N) is 1. The number of rotatable bonds is 8. The number of phenolic OH excluding ortho intramolecular Hbond substituents is 1. The molecule has 1 aliphatic heterocycles. The van der Waals surface area contributed by atoms with E-state index in [2.05, 4.69) is 5.32 Å². The number of benzene rings is 2. The summed E-state index contributed by atoms with van der Waals surface area (Å²) < 4.78 is 21.3. The first-order valence-corrected chi connectivity index (χ1v) is 12.8. The number of ketones is 1. The van der Waals surface area contributed by atoms with E-state index in [1.807, 2.05) is 12.1 Å². The second kappa shape index (κ2) is 11.6. The fourth-order valence-electron chi connectivity index (χ4n) is 5.39. The molecule has 0 unspecified atom stereocenters. The van der Waals surface area contributed by atoms with E-state index in [1.165, 1.54) is 13.2 Å². The molecule has 2 aromatic carbocycles. The Morgan fingerprint density at radius 2 is 1.64 bits per heavy atom. The molecule has 1 aliphatic carbocycles. The molecule has 0 amide bonds. The third-order valence-electron chi connectivity index (χ3n) is 7.14. The van der Waals surface area contributed by atoms with Crippen LogP contribution in [-0.4, -0.2) is 50.3 Å². The van der Waals surface area contributed by atoms with Gasteiger partial charge in [-0.3, -0.25) is 9.59 Å². The van der Waals surface area contributed by atoms with Gasteiger partial charge in [-0.15, -0.1) is 0 Å². The molecule has 0 saturated heterocycles. The number of carbonyl (C=O) groups excluding carboxylic acids is 3. The fourth-order valence-corrected chi connectivity index (χ4v) is 5.39. The van der Waals surface area contributed by atoms with Gasteiger partial charge >= 0.3 is 11.9 Å². The van der Waals surface area contributed by atoms with Crippen molar-refractivity contribution in [2.75, 3.05) is 27.4 Å². The van der Waals surface area contributed by atoms with Gasteiger partial charge in [-0.2, -0.15) is 0 Å². The molecule has 0 spiro atoms. The maximum Gasteiger partial charge on any atom is 0.336 e. The van der Waals surface area contributed by atoms with Gasteiger partial charge in [0, 0.05) is 28.8 Å². The van der Waals surface area contributed by atoms with E-state index in [0.29, 0.717) is 34.7 Å². The average Bonchev–Trinajstić information content (AvgIpc) is 2.92. The molecule has 9 nitrogen and oxygen atoms in total. The average molecular weight is 536 g/mol. The summed E-state index contributed by atoms with van der Waals surface area (Å²) in [5, 5.41) is 13.5. The van der Waals surface area contributed by atoms with E-state index in [4.69, 9.17) is 18.9 Å². The molecule has 0 saturated carbocycles. The standard InChI is InChI=1S/C30H33NO8/c1-6-38-29(34)24-16(3)31-21-15-20(17-8-11-19(36-4)12-9-17)26(30(35)39-7-2)28(33)27(21)25(24)18-10-13-22(32)23(14-18)37-5/h8-14,20,25-26,31-32H,6-7,15H2,1-5H3/t20-,25+,26+/m0/s1. The van der Waals surface area contributed by atoms with Crippen LogP contribution in [0.1, 0.15) is 50.2 Å². The first kappa shape index (κ1) is 27.8. The first-order chi connectivity index (χ1) is 18.7. The van der Waals surface area contributed by atoms with Crippen LogP contribution in [0.4, 0.5) is 0 Å². The van der Waals surface area contributed by atoms with Crippen LogP contribution >= 0.6 is 0 Å². The Labute approximate surface area is 227 Å². The summed E-state index contributed by atoms with van der Waals surface area (Å²) in [6, 6.07) is 11.9. The zero-order valence-electron chi connectivity index (χ0n) is 22.7. The number of hydrogen-bond donors (Lipinski definition) is 2. The van der Waals surface area contributed by atoms with Crippen LogP contribution < -0.4 is 14.8 Å². The second-order valence-corrected chi connectivity index (χ2v) is 9.32. The Balaban J connectivity index is 1.91. The maximum absolute atomic E-state index is 14.3. The lowest BCUT2D eigenvalue weighted by atomic mass is 9.67. The van der Waals surface area contributed by atoms with E-state index in [9.17, 15) is 19.5 Å². The van der Waals surface area contributed by atoms with Crippen molar-refractivity contribution in [1.82, 2.24) is 5.32 Å². The van der Waals surface area contributed by atoms with Gasteiger partial charge in [0.25, 0.3) is 0 Å². The highest BCUT2D eigenvalue weighted by Gasteiger charge is 2.49. The third kappa shape index (κ3) is 5.21. The quantitative estimate of drug-likeness (QED) is 0.380. The van der Waals surface area contributed by atoms with E-state index in [1.54, 1.807) is 52.1 Å². The molecule has 2 N–H and O–H groups in total. The van der Waals surface area contributed by atoms with E-state index in [0.717, 1.165) is 5.56 Å². The van der Waals surface area contributed by atoms with Crippen LogP contribution in [0.25, 0.3) is 0 Å². The monoisotopic (exact) mass is 535 g/mol.